The van der Waals surface area contributed by atoms with Gasteiger partial charge in [-0.05, 0) is 50.5 Å². The maximum absolute atomic E-state index is 13.0. The third-order valence-corrected chi connectivity index (χ3v) is 10.2. The lowest BCUT2D eigenvalue weighted by Gasteiger charge is -2.58. The summed E-state index contributed by atoms with van der Waals surface area (Å²) in [5.41, 5.74) is -0.175. The molecule has 6 rings (SSSR count). The molecule has 0 bridgehead atoms. The zero-order chi connectivity index (χ0) is 21.1. The molecule has 0 aromatic carbocycles. The molecule has 5 fully saturated rings. The summed E-state index contributed by atoms with van der Waals surface area (Å²) in [6.07, 6.45) is 7.61. The highest BCUT2D eigenvalue weighted by molar-refractivity contribution is 5.92. The third-order valence-electron chi connectivity index (χ3n) is 10.2. The lowest BCUT2D eigenvalue weighted by Crippen LogP contribution is -2.63. The second-order valence-corrected chi connectivity index (χ2v) is 11.0. The van der Waals surface area contributed by atoms with Crippen molar-refractivity contribution in [3.05, 3.63) is 11.6 Å². The van der Waals surface area contributed by atoms with E-state index in [-0.39, 0.29) is 52.4 Å². The minimum absolute atomic E-state index is 0.0303. The summed E-state index contributed by atoms with van der Waals surface area (Å²) in [5, 5.41) is 0. The van der Waals surface area contributed by atoms with Crippen LogP contribution in [0.3, 0.4) is 0 Å². The number of hydrogen-bond donors (Lipinski definition) is 0. The summed E-state index contributed by atoms with van der Waals surface area (Å²) < 4.78 is 17.9. The van der Waals surface area contributed by atoms with Crippen LogP contribution in [0.15, 0.2) is 11.6 Å². The Labute approximate surface area is 176 Å². The average molecular weight is 414 g/mol. The molecule has 0 N–H and O–H groups in total. The van der Waals surface area contributed by atoms with Crippen molar-refractivity contribution in [2.24, 2.45) is 28.6 Å². The van der Waals surface area contributed by atoms with Crippen LogP contribution in [0.5, 0.6) is 0 Å². The van der Waals surface area contributed by atoms with Crippen molar-refractivity contribution in [2.75, 3.05) is 7.11 Å². The first kappa shape index (κ1) is 19.0. The van der Waals surface area contributed by atoms with Crippen LogP contribution in [0.1, 0.15) is 65.2 Å². The number of fused-ring (bicyclic) bond motifs is 4. The molecule has 2 saturated heterocycles. The molecule has 2 aliphatic heterocycles. The minimum Gasteiger partial charge on any atom is -0.469 e. The smallest absolute Gasteiger partial charge is 0.309 e. The first-order valence-corrected chi connectivity index (χ1v) is 11.4. The van der Waals surface area contributed by atoms with Gasteiger partial charge in [-0.25, -0.2) is 0 Å². The monoisotopic (exact) mass is 414 g/mol. The molecule has 0 aromatic heterocycles. The van der Waals surface area contributed by atoms with Gasteiger partial charge < -0.3 is 14.2 Å². The van der Waals surface area contributed by atoms with Gasteiger partial charge in [-0.1, -0.05) is 19.4 Å². The highest BCUT2D eigenvalue weighted by Crippen LogP contribution is 2.78. The maximum Gasteiger partial charge on any atom is 0.309 e. The molecule has 162 valence electrons. The van der Waals surface area contributed by atoms with E-state index in [2.05, 4.69) is 13.8 Å². The van der Waals surface area contributed by atoms with Crippen LogP contribution in [-0.4, -0.2) is 42.1 Å². The molecule has 6 aliphatic rings. The van der Waals surface area contributed by atoms with Gasteiger partial charge in [-0.3, -0.25) is 14.4 Å². The Morgan fingerprint density at radius 3 is 2.67 bits per heavy atom. The van der Waals surface area contributed by atoms with Gasteiger partial charge in [0.15, 0.2) is 5.78 Å². The summed E-state index contributed by atoms with van der Waals surface area (Å²) in [6.45, 7) is 4.51. The summed E-state index contributed by atoms with van der Waals surface area (Å²) in [4.78, 5) is 37.4. The Bertz CT molecular complexity index is 907. The van der Waals surface area contributed by atoms with Crippen LogP contribution in [0.25, 0.3) is 0 Å². The molecule has 0 amide bonds. The first-order chi connectivity index (χ1) is 14.2. The molecule has 0 aromatic rings. The molecule has 2 spiro atoms. The van der Waals surface area contributed by atoms with Crippen molar-refractivity contribution in [1.29, 1.82) is 0 Å². The van der Waals surface area contributed by atoms with E-state index in [0.29, 0.717) is 19.3 Å². The van der Waals surface area contributed by atoms with Gasteiger partial charge in [0, 0.05) is 29.6 Å². The molecule has 0 unspecified atom stereocenters. The number of hydrogen-bond acceptors (Lipinski definition) is 6. The highest BCUT2D eigenvalue weighted by Gasteiger charge is 2.83. The molecule has 8 atom stereocenters. The van der Waals surface area contributed by atoms with E-state index in [1.54, 1.807) is 6.08 Å². The number of esters is 2. The number of methoxy groups -OCH3 is 1. The largest absolute Gasteiger partial charge is 0.469 e. The molecule has 2 heterocycles. The Hall–Kier alpha value is -1.69. The summed E-state index contributed by atoms with van der Waals surface area (Å²) in [6, 6.07) is 0. The first-order valence-electron chi connectivity index (χ1n) is 11.4. The van der Waals surface area contributed by atoms with E-state index in [0.717, 1.165) is 37.7 Å². The molecule has 30 heavy (non-hydrogen) atoms. The van der Waals surface area contributed by atoms with E-state index >= 15 is 0 Å². The molecule has 4 aliphatic carbocycles. The molecule has 6 nitrogen and oxygen atoms in total. The standard InChI is InChI=1S/C24H30O6/c1-21-7-4-14(25)10-13(21)11-15(20(27)28-3)19-16-5-8-23(9-6-18(26)30-23)22(16,2)12-17-24(19,21)29-17/h10,15-17,19H,4-9,11-12H2,1-3H3/t15-,16+,17+,19+,21+,22+,23-,24+/m1/s1. The number of ketones is 1. The predicted octanol–water partition coefficient (Wildman–Crippen LogP) is 3.12. The second kappa shape index (κ2) is 5.56. The fourth-order valence-corrected chi connectivity index (χ4v) is 8.69. The van der Waals surface area contributed by atoms with Crippen molar-refractivity contribution in [3.8, 4) is 0 Å². The molecule has 0 radical (unpaired) electrons. The SMILES string of the molecule is COC(=O)[C@@H]1CC2=CC(=O)CC[C@]2(C)[C@]23O[C@H]2C[C@@]2(C)[C@@H](CC[C@@]24CCC(=O)O4)[C@H]13. The van der Waals surface area contributed by atoms with Gasteiger partial charge in [-0.15, -0.1) is 0 Å². The lowest BCUT2D eigenvalue weighted by atomic mass is 9.43. The number of ether oxygens (including phenoxy) is 3. The van der Waals surface area contributed by atoms with Crippen molar-refractivity contribution < 1.29 is 28.6 Å². The molecule has 6 heteroatoms. The summed E-state index contributed by atoms with van der Waals surface area (Å²) >= 11 is 0. The van der Waals surface area contributed by atoms with E-state index in [9.17, 15) is 14.4 Å². The van der Waals surface area contributed by atoms with Gasteiger partial charge in [0.25, 0.3) is 0 Å². The fraction of sp³-hybridized carbons (Fsp3) is 0.792. The zero-order valence-corrected chi connectivity index (χ0v) is 18.0. The normalized spacial score (nSPS) is 53.2. The Kier molecular flexibility index (Phi) is 3.53. The Morgan fingerprint density at radius 1 is 1.17 bits per heavy atom. The van der Waals surface area contributed by atoms with Gasteiger partial charge in [0.1, 0.15) is 11.2 Å². The van der Waals surface area contributed by atoms with E-state index in [1.807, 2.05) is 0 Å². The van der Waals surface area contributed by atoms with Crippen molar-refractivity contribution in [2.45, 2.75) is 82.5 Å². The molecule has 3 saturated carbocycles. The number of epoxide rings is 1. The number of rotatable bonds is 1. The van der Waals surface area contributed by atoms with Crippen molar-refractivity contribution >= 4 is 17.7 Å². The number of carbonyl (C=O) groups is 3. The van der Waals surface area contributed by atoms with Gasteiger partial charge in [-0.2, -0.15) is 0 Å². The van der Waals surface area contributed by atoms with E-state index < -0.39 is 11.2 Å². The second-order valence-electron chi connectivity index (χ2n) is 11.0. The van der Waals surface area contributed by atoms with Crippen molar-refractivity contribution in [3.63, 3.8) is 0 Å². The van der Waals surface area contributed by atoms with Crippen LogP contribution in [0.4, 0.5) is 0 Å². The molecular formula is C24H30O6. The van der Waals surface area contributed by atoms with Crippen LogP contribution < -0.4 is 0 Å². The predicted molar refractivity (Wildman–Crippen MR) is 105 cm³/mol. The van der Waals surface area contributed by atoms with Crippen LogP contribution in [0, 0.1) is 28.6 Å². The van der Waals surface area contributed by atoms with Gasteiger partial charge >= 0.3 is 11.9 Å². The average Bonchev–Trinajstić information content (AvgIpc) is 3.20. The van der Waals surface area contributed by atoms with E-state index in [4.69, 9.17) is 14.2 Å². The lowest BCUT2D eigenvalue weighted by molar-refractivity contribution is -0.172. The fourth-order valence-electron chi connectivity index (χ4n) is 8.69. The topological polar surface area (TPSA) is 82.2 Å². The quantitative estimate of drug-likeness (QED) is 0.484. The zero-order valence-electron chi connectivity index (χ0n) is 18.0. The minimum atomic E-state index is -0.424. The van der Waals surface area contributed by atoms with Crippen LogP contribution in [-0.2, 0) is 28.6 Å². The van der Waals surface area contributed by atoms with Gasteiger partial charge in [0.05, 0.1) is 19.1 Å². The maximum atomic E-state index is 13.0. The molecular weight excluding hydrogens is 384 g/mol. The van der Waals surface area contributed by atoms with Crippen LogP contribution >= 0.6 is 0 Å². The Balaban J connectivity index is 1.49. The van der Waals surface area contributed by atoms with Gasteiger partial charge in [0.2, 0.25) is 0 Å². The van der Waals surface area contributed by atoms with Crippen LogP contribution in [0.2, 0.25) is 0 Å². The number of carbonyl (C=O) groups excluding carboxylic acids is 3. The summed E-state index contributed by atoms with van der Waals surface area (Å²) in [5.74, 6) is -0.201. The highest BCUT2D eigenvalue weighted by atomic mass is 16.6. The summed E-state index contributed by atoms with van der Waals surface area (Å²) in [7, 11) is 1.45. The van der Waals surface area contributed by atoms with Crippen molar-refractivity contribution in [1.82, 2.24) is 0 Å². The Morgan fingerprint density at radius 2 is 1.97 bits per heavy atom. The third kappa shape index (κ3) is 1.94. The van der Waals surface area contributed by atoms with E-state index in [1.165, 1.54) is 7.11 Å².